The molecular weight excluding hydrogens is 821 g/mol. The van der Waals surface area contributed by atoms with Gasteiger partial charge in [0.2, 0.25) is 11.8 Å². The van der Waals surface area contributed by atoms with Gasteiger partial charge in [-0.15, -0.1) is 0 Å². The fourth-order valence-corrected chi connectivity index (χ4v) is 8.68. The number of aromatic amines is 2. The predicted octanol–water partition coefficient (Wildman–Crippen LogP) is 8.92. The van der Waals surface area contributed by atoms with Gasteiger partial charge in [-0.05, 0) is 82.2 Å². The first-order chi connectivity index (χ1) is 31.3. The van der Waals surface area contributed by atoms with Crippen LogP contribution in [0.1, 0.15) is 70.7 Å². The molecule has 2 aromatic heterocycles. The van der Waals surface area contributed by atoms with E-state index < -0.39 is 24.3 Å². The zero-order valence-corrected chi connectivity index (χ0v) is 38.3. The summed E-state index contributed by atoms with van der Waals surface area (Å²) in [4.78, 5) is 72.0. The summed E-state index contributed by atoms with van der Waals surface area (Å²) in [5.74, 6) is 0.979. The molecule has 0 aliphatic carbocycles. The van der Waals surface area contributed by atoms with Crippen molar-refractivity contribution in [2.45, 2.75) is 78.6 Å². The van der Waals surface area contributed by atoms with Crippen LogP contribution in [0.2, 0.25) is 0 Å². The number of carbonyl (C=O) groups is 4. The molecule has 65 heavy (non-hydrogen) atoms. The Kier molecular flexibility index (Phi) is 14.7. The van der Waals surface area contributed by atoms with Crippen molar-refractivity contribution in [1.29, 1.82) is 0 Å². The summed E-state index contributed by atoms with van der Waals surface area (Å²) >= 11 is 0. The highest BCUT2D eigenvalue weighted by atomic mass is 16.5. The number of aromatic nitrogens is 4. The highest BCUT2D eigenvalue weighted by molar-refractivity contribution is 5.91. The Morgan fingerprint density at radius 1 is 0.800 bits per heavy atom. The van der Waals surface area contributed by atoms with Crippen molar-refractivity contribution in [2.75, 3.05) is 27.3 Å². The molecule has 4 atom stereocenters. The second-order valence-electron chi connectivity index (χ2n) is 17.5. The van der Waals surface area contributed by atoms with Gasteiger partial charge in [0.15, 0.2) is 0 Å². The maximum Gasteiger partial charge on any atom is 0.407 e. The number of fused-ring (bicyclic) bond motifs is 1. The molecule has 0 spiro atoms. The average Bonchev–Trinajstić information content (AvgIpc) is 4.10. The van der Waals surface area contributed by atoms with Crippen molar-refractivity contribution in [3.8, 4) is 33.6 Å². The smallest absolute Gasteiger partial charge is 0.407 e. The van der Waals surface area contributed by atoms with Crippen LogP contribution in [0, 0.1) is 17.8 Å². The summed E-state index contributed by atoms with van der Waals surface area (Å²) in [5.41, 5.74) is 6.91. The van der Waals surface area contributed by atoms with Crippen LogP contribution in [0.4, 0.5) is 9.59 Å². The molecule has 1 fully saturated rings. The van der Waals surface area contributed by atoms with Crippen LogP contribution < -0.4 is 10.6 Å². The highest BCUT2D eigenvalue weighted by Crippen LogP contribution is 2.38. The number of imidazole rings is 2. The van der Waals surface area contributed by atoms with E-state index in [1.54, 1.807) is 4.90 Å². The highest BCUT2D eigenvalue weighted by Gasteiger charge is 2.41. The van der Waals surface area contributed by atoms with E-state index in [-0.39, 0.29) is 42.2 Å². The number of ether oxygens (including phenoxy) is 2. The lowest BCUT2D eigenvalue weighted by Gasteiger charge is -2.30. The molecule has 7 rings (SSSR count). The number of alkyl carbamates (subject to hydrolysis) is 2. The zero-order valence-electron chi connectivity index (χ0n) is 38.3. The number of hydrogen-bond donors (Lipinski definition) is 4. The average molecular weight is 881 g/mol. The first-order valence-electron chi connectivity index (χ1n) is 22.4. The van der Waals surface area contributed by atoms with Crippen LogP contribution in [0.3, 0.4) is 0 Å². The Morgan fingerprint density at radius 3 is 2.06 bits per heavy atom. The lowest BCUT2D eigenvalue weighted by Crippen LogP contribution is -2.51. The molecule has 1 aliphatic rings. The fraction of sp³-hybridized carbons (Fsp3) is 0.373. The standard InChI is InChI=1S/C51H60N8O6/c1-8-22-58(48(60)45(31(2)3)56-50(62)64-6)30-44-52-27-42(54-44)40-21-20-38-25-37(18-19-39(38)26-40)35-14-16-36(17-15-35)41-28-53-47(55-41)43-24-34(23-33-12-10-9-11-13-33)29-59(43)49(61)46(32(4)5)57-51(63)65-7/h9-21,25-28,31-32,34,43,45-46H,8,22-24,29-30H2,1-7H3,(H,52,54)(H,53,55)(H,56,62)(H,57,63)/t34-,43+,45+,46+/m1/s1. The van der Waals surface area contributed by atoms with E-state index in [9.17, 15) is 19.2 Å². The summed E-state index contributed by atoms with van der Waals surface area (Å²) in [5, 5.41) is 7.60. The molecule has 1 aliphatic heterocycles. The van der Waals surface area contributed by atoms with Gasteiger partial charge < -0.3 is 39.9 Å². The van der Waals surface area contributed by atoms with Gasteiger partial charge in [-0.3, -0.25) is 9.59 Å². The number of rotatable bonds is 16. The molecule has 14 nitrogen and oxygen atoms in total. The molecule has 3 heterocycles. The Morgan fingerprint density at radius 2 is 1.42 bits per heavy atom. The molecule has 340 valence electrons. The van der Waals surface area contributed by atoms with Crippen molar-refractivity contribution in [2.24, 2.45) is 17.8 Å². The first kappa shape index (κ1) is 46.0. The Hall–Kier alpha value is -6.96. The van der Waals surface area contributed by atoms with Crippen LogP contribution >= 0.6 is 0 Å². The molecule has 4 amide bonds. The molecule has 4 aromatic carbocycles. The topological polar surface area (TPSA) is 175 Å². The number of likely N-dealkylation sites (tertiary alicyclic amines) is 1. The minimum atomic E-state index is -0.737. The first-order valence-corrected chi connectivity index (χ1v) is 22.4. The van der Waals surface area contributed by atoms with E-state index in [2.05, 4.69) is 93.4 Å². The third kappa shape index (κ3) is 10.9. The summed E-state index contributed by atoms with van der Waals surface area (Å²) in [6, 6.07) is 29.6. The molecule has 6 aromatic rings. The quantitative estimate of drug-likeness (QED) is 0.0746. The second-order valence-corrected chi connectivity index (χ2v) is 17.5. The van der Waals surface area contributed by atoms with Gasteiger partial charge in [0.05, 0.1) is 44.4 Å². The van der Waals surface area contributed by atoms with Gasteiger partial charge in [0.1, 0.15) is 23.7 Å². The normalized spacial score (nSPS) is 15.8. The lowest BCUT2D eigenvalue weighted by atomic mass is 9.96. The van der Waals surface area contributed by atoms with Crippen LogP contribution in [0.15, 0.2) is 103 Å². The maximum atomic E-state index is 14.2. The second kappa shape index (κ2) is 20.7. The molecule has 1 saturated heterocycles. The van der Waals surface area contributed by atoms with E-state index in [1.807, 2.05) is 70.1 Å². The summed E-state index contributed by atoms with van der Waals surface area (Å²) in [6.45, 7) is 11.0. The largest absolute Gasteiger partial charge is 0.453 e. The van der Waals surface area contributed by atoms with E-state index in [0.717, 1.165) is 63.7 Å². The monoisotopic (exact) mass is 880 g/mol. The Bertz CT molecular complexity index is 2590. The minimum absolute atomic E-state index is 0.125. The number of amides is 4. The Balaban J connectivity index is 1.05. The van der Waals surface area contributed by atoms with Crippen LogP contribution in [0.5, 0.6) is 0 Å². The van der Waals surface area contributed by atoms with Gasteiger partial charge in [0.25, 0.3) is 0 Å². The number of carbonyl (C=O) groups excluding carboxylic acids is 4. The number of benzene rings is 4. The summed E-state index contributed by atoms with van der Waals surface area (Å²) < 4.78 is 9.62. The third-order valence-electron chi connectivity index (χ3n) is 12.2. The number of hydrogen-bond acceptors (Lipinski definition) is 8. The van der Waals surface area contributed by atoms with Gasteiger partial charge in [-0.25, -0.2) is 19.6 Å². The van der Waals surface area contributed by atoms with Crippen LogP contribution in [0.25, 0.3) is 44.4 Å². The maximum absolute atomic E-state index is 14.2. The molecule has 0 saturated carbocycles. The molecule has 0 radical (unpaired) electrons. The minimum Gasteiger partial charge on any atom is -0.453 e. The van der Waals surface area contributed by atoms with Crippen molar-refractivity contribution in [3.05, 3.63) is 121 Å². The summed E-state index contributed by atoms with van der Waals surface area (Å²) in [6.07, 6.45) is 4.73. The van der Waals surface area contributed by atoms with Crippen molar-refractivity contribution in [3.63, 3.8) is 0 Å². The molecular formula is C51H60N8O6. The lowest BCUT2D eigenvalue weighted by molar-refractivity contribution is -0.136. The van der Waals surface area contributed by atoms with Gasteiger partial charge in [-0.1, -0.05) is 113 Å². The van der Waals surface area contributed by atoms with Gasteiger partial charge in [0, 0.05) is 24.8 Å². The van der Waals surface area contributed by atoms with Crippen LogP contribution in [-0.4, -0.2) is 93.1 Å². The number of methoxy groups -OCH3 is 2. The number of nitrogens with zero attached hydrogens (tertiary/aromatic N) is 4. The predicted molar refractivity (Wildman–Crippen MR) is 251 cm³/mol. The molecule has 0 unspecified atom stereocenters. The molecule has 14 heteroatoms. The molecule has 0 bridgehead atoms. The zero-order chi connectivity index (χ0) is 46.2. The van der Waals surface area contributed by atoms with Gasteiger partial charge >= 0.3 is 12.2 Å². The van der Waals surface area contributed by atoms with E-state index in [1.165, 1.54) is 19.8 Å². The number of H-pyrrole nitrogens is 2. The van der Waals surface area contributed by atoms with Crippen LogP contribution in [-0.2, 0) is 32.0 Å². The van der Waals surface area contributed by atoms with E-state index in [4.69, 9.17) is 19.4 Å². The Labute approximate surface area is 380 Å². The molecule has 4 N–H and O–H groups in total. The van der Waals surface area contributed by atoms with E-state index >= 15 is 0 Å². The van der Waals surface area contributed by atoms with Crippen molar-refractivity contribution in [1.82, 2.24) is 40.4 Å². The van der Waals surface area contributed by atoms with Gasteiger partial charge in [-0.2, -0.15) is 0 Å². The van der Waals surface area contributed by atoms with Crippen molar-refractivity contribution >= 4 is 34.8 Å². The number of nitrogens with one attached hydrogen (secondary N) is 4. The summed E-state index contributed by atoms with van der Waals surface area (Å²) in [7, 11) is 2.58. The SMILES string of the molecule is CCCN(Cc1nc(-c2ccc3cc(-c4ccc(-c5cnc([C@@H]6C[C@@H](Cc7ccccc7)CN6C(=O)[C@@H](NC(=O)OC)C(C)C)[nH]5)cc4)ccc3c2)c[nH]1)C(=O)[C@@H](NC(=O)OC)C(C)C. The van der Waals surface area contributed by atoms with Crippen molar-refractivity contribution < 1.29 is 28.7 Å². The fourth-order valence-electron chi connectivity index (χ4n) is 8.68. The third-order valence-corrected chi connectivity index (χ3v) is 12.2. The van der Waals surface area contributed by atoms with E-state index in [0.29, 0.717) is 24.7 Å².